The summed E-state index contributed by atoms with van der Waals surface area (Å²) in [6.07, 6.45) is 2.53. The molecule has 2 atom stereocenters. The van der Waals surface area contributed by atoms with E-state index in [0.29, 0.717) is 12.8 Å². The zero-order chi connectivity index (χ0) is 14.9. The van der Waals surface area contributed by atoms with Crippen LogP contribution in [0.3, 0.4) is 0 Å². The van der Waals surface area contributed by atoms with Crippen LogP contribution >= 0.6 is 0 Å². The topological polar surface area (TPSA) is 49.8 Å². The highest BCUT2D eigenvalue weighted by molar-refractivity contribution is 5.69. The first-order chi connectivity index (χ1) is 10.1. The molecule has 0 spiro atoms. The Kier molecular flexibility index (Phi) is 3.60. The molecule has 0 saturated carbocycles. The number of ether oxygens (including phenoxy) is 1. The molecule has 2 fully saturated rings. The van der Waals surface area contributed by atoms with E-state index in [2.05, 4.69) is 11.8 Å². The van der Waals surface area contributed by atoms with Gasteiger partial charge in [0.25, 0.3) is 0 Å². The second-order valence-electron chi connectivity index (χ2n) is 5.82. The van der Waals surface area contributed by atoms with Gasteiger partial charge in [0, 0.05) is 30.5 Å². The maximum Gasteiger partial charge on any atom is 0.409 e. The number of aliphatic hydroxyl groups is 1. The fourth-order valence-electron chi connectivity index (χ4n) is 3.44. The molecule has 2 saturated heterocycles. The highest BCUT2D eigenvalue weighted by atomic mass is 16.5. The van der Waals surface area contributed by atoms with Crippen LogP contribution in [0.1, 0.15) is 31.2 Å². The van der Waals surface area contributed by atoms with Crippen molar-refractivity contribution >= 4 is 6.09 Å². The number of fused-ring (bicyclic) bond motifs is 2. The predicted octanol–water partition coefficient (Wildman–Crippen LogP) is 2.16. The van der Waals surface area contributed by atoms with Crippen LogP contribution in [0.5, 0.6) is 0 Å². The van der Waals surface area contributed by atoms with Crippen LogP contribution in [-0.2, 0) is 4.74 Å². The number of nitrogens with zero attached hydrogens (tertiary/aromatic N) is 1. The zero-order valence-electron chi connectivity index (χ0n) is 12.1. The van der Waals surface area contributed by atoms with E-state index in [0.717, 1.165) is 18.4 Å². The molecule has 0 radical (unpaired) electrons. The maximum absolute atomic E-state index is 11.8. The van der Waals surface area contributed by atoms with E-state index < -0.39 is 5.60 Å². The molecule has 1 aromatic rings. The molecule has 4 heteroatoms. The van der Waals surface area contributed by atoms with Crippen LogP contribution in [0.4, 0.5) is 4.79 Å². The quantitative estimate of drug-likeness (QED) is 0.743. The number of rotatable bonds is 0. The second kappa shape index (κ2) is 5.42. The van der Waals surface area contributed by atoms with Gasteiger partial charge in [0.2, 0.25) is 0 Å². The van der Waals surface area contributed by atoms with Crippen LogP contribution in [-0.4, -0.2) is 40.9 Å². The summed E-state index contributed by atoms with van der Waals surface area (Å²) >= 11 is 0. The summed E-state index contributed by atoms with van der Waals surface area (Å²) in [5, 5.41) is 10.7. The minimum atomic E-state index is -1.01. The lowest BCUT2D eigenvalue weighted by atomic mass is 9.86. The third kappa shape index (κ3) is 2.74. The smallest absolute Gasteiger partial charge is 0.409 e. The van der Waals surface area contributed by atoms with Crippen LogP contribution in [0.2, 0.25) is 0 Å². The van der Waals surface area contributed by atoms with Gasteiger partial charge in [-0.2, -0.15) is 0 Å². The maximum atomic E-state index is 11.8. The minimum absolute atomic E-state index is 0.0336. The van der Waals surface area contributed by atoms with Crippen molar-refractivity contribution in [2.24, 2.45) is 0 Å². The average molecular weight is 285 g/mol. The monoisotopic (exact) mass is 285 g/mol. The molecule has 3 rings (SSSR count). The fraction of sp³-hybridized carbons (Fsp3) is 0.471. The van der Waals surface area contributed by atoms with Gasteiger partial charge in [0.15, 0.2) is 0 Å². The summed E-state index contributed by atoms with van der Waals surface area (Å²) < 4.78 is 4.84. The van der Waals surface area contributed by atoms with E-state index >= 15 is 0 Å². The number of piperidine rings is 1. The number of hydrogen-bond donors (Lipinski definition) is 1. The third-order valence-corrected chi connectivity index (χ3v) is 4.37. The van der Waals surface area contributed by atoms with Crippen molar-refractivity contribution in [2.45, 2.75) is 43.4 Å². The molecule has 1 N–H and O–H groups in total. The zero-order valence-corrected chi connectivity index (χ0v) is 12.1. The molecular formula is C17H19NO3. The highest BCUT2D eigenvalue weighted by Gasteiger charge is 2.49. The summed E-state index contributed by atoms with van der Waals surface area (Å²) in [6, 6.07) is 9.71. The molecule has 0 unspecified atom stereocenters. The van der Waals surface area contributed by atoms with Gasteiger partial charge in [0.1, 0.15) is 5.60 Å². The number of benzene rings is 1. The van der Waals surface area contributed by atoms with Crippen molar-refractivity contribution in [3.05, 3.63) is 35.9 Å². The van der Waals surface area contributed by atoms with E-state index in [-0.39, 0.29) is 18.2 Å². The number of carbonyl (C=O) groups excluding carboxylic acids is 1. The molecule has 4 nitrogen and oxygen atoms in total. The van der Waals surface area contributed by atoms with Crippen LogP contribution < -0.4 is 0 Å². The summed E-state index contributed by atoms with van der Waals surface area (Å²) in [5.74, 6) is 6.07. The Morgan fingerprint density at radius 1 is 1.29 bits per heavy atom. The first-order valence-corrected chi connectivity index (χ1v) is 7.28. The van der Waals surface area contributed by atoms with E-state index in [4.69, 9.17) is 4.74 Å². The van der Waals surface area contributed by atoms with Crippen molar-refractivity contribution in [3.63, 3.8) is 0 Å². The van der Waals surface area contributed by atoms with Gasteiger partial charge in [-0.15, -0.1) is 0 Å². The van der Waals surface area contributed by atoms with Crippen molar-refractivity contribution in [1.82, 2.24) is 4.90 Å². The van der Waals surface area contributed by atoms with Crippen LogP contribution in [0, 0.1) is 11.8 Å². The Balaban J connectivity index is 1.78. The lowest BCUT2D eigenvalue weighted by Crippen LogP contribution is -2.52. The lowest BCUT2D eigenvalue weighted by molar-refractivity contribution is -0.00730. The van der Waals surface area contributed by atoms with Gasteiger partial charge in [-0.3, -0.25) is 0 Å². The summed E-state index contributed by atoms with van der Waals surface area (Å²) in [5.41, 5.74) is -0.111. The van der Waals surface area contributed by atoms with Crippen molar-refractivity contribution in [3.8, 4) is 11.8 Å². The molecule has 2 aliphatic rings. The molecule has 0 aliphatic carbocycles. The Labute approximate surface area is 124 Å². The van der Waals surface area contributed by atoms with E-state index in [1.807, 2.05) is 30.3 Å². The molecule has 0 aromatic heterocycles. The van der Waals surface area contributed by atoms with Gasteiger partial charge in [-0.25, -0.2) is 4.79 Å². The Bertz CT molecular complexity index is 573. The normalized spacial score (nSPS) is 30.5. The SMILES string of the molecule is COC(=O)N1[C@@H]2CC[C@@H]1CC(O)(C#Cc1ccccc1)C2. The van der Waals surface area contributed by atoms with Gasteiger partial charge in [-0.1, -0.05) is 30.0 Å². The van der Waals surface area contributed by atoms with Gasteiger partial charge in [-0.05, 0) is 25.0 Å². The molecule has 2 aliphatic heterocycles. The predicted molar refractivity (Wildman–Crippen MR) is 78.6 cm³/mol. The van der Waals surface area contributed by atoms with Crippen LogP contribution in [0.25, 0.3) is 0 Å². The van der Waals surface area contributed by atoms with Crippen molar-refractivity contribution in [2.75, 3.05) is 7.11 Å². The minimum Gasteiger partial charge on any atom is -0.453 e. The first-order valence-electron chi connectivity index (χ1n) is 7.28. The summed E-state index contributed by atoms with van der Waals surface area (Å²) in [6.45, 7) is 0. The number of amides is 1. The number of hydrogen-bond acceptors (Lipinski definition) is 3. The Hall–Kier alpha value is -1.99. The van der Waals surface area contributed by atoms with Crippen molar-refractivity contribution < 1.29 is 14.6 Å². The van der Waals surface area contributed by atoms with Crippen LogP contribution in [0.15, 0.2) is 30.3 Å². The highest BCUT2D eigenvalue weighted by Crippen LogP contribution is 2.40. The largest absolute Gasteiger partial charge is 0.453 e. The van der Waals surface area contributed by atoms with E-state index in [9.17, 15) is 9.90 Å². The molecule has 2 bridgehead atoms. The molecular weight excluding hydrogens is 266 g/mol. The van der Waals surface area contributed by atoms with E-state index in [1.54, 1.807) is 4.90 Å². The summed E-state index contributed by atoms with van der Waals surface area (Å²) in [7, 11) is 1.40. The molecule has 2 heterocycles. The van der Waals surface area contributed by atoms with Gasteiger partial charge >= 0.3 is 6.09 Å². The molecule has 1 amide bonds. The first kappa shape index (κ1) is 14.0. The van der Waals surface area contributed by atoms with E-state index in [1.165, 1.54) is 7.11 Å². The lowest BCUT2D eigenvalue weighted by Gasteiger charge is -2.40. The standard InChI is InChI=1S/C17H19NO3/c1-21-16(19)18-14-7-8-15(18)12-17(20,11-14)10-9-13-5-3-2-4-6-13/h2-6,14-15,20H,7-8,11-12H2,1H3/t14-,15-/m1/s1. The Morgan fingerprint density at radius 3 is 2.48 bits per heavy atom. The number of methoxy groups -OCH3 is 1. The molecule has 1 aromatic carbocycles. The fourth-order valence-corrected chi connectivity index (χ4v) is 3.44. The molecule has 110 valence electrons. The molecule has 21 heavy (non-hydrogen) atoms. The van der Waals surface area contributed by atoms with Gasteiger partial charge < -0.3 is 14.7 Å². The average Bonchev–Trinajstić information content (AvgIpc) is 2.78. The second-order valence-corrected chi connectivity index (χ2v) is 5.82. The third-order valence-electron chi connectivity index (χ3n) is 4.37. The Morgan fingerprint density at radius 2 is 1.90 bits per heavy atom. The van der Waals surface area contributed by atoms with Gasteiger partial charge in [0.05, 0.1) is 7.11 Å². The van der Waals surface area contributed by atoms with Crippen molar-refractivity contribution in [1.29, 1.82) is 0 Å². The summed E-state index contributed by atoms with van der Waals surface area (Å²) in [4.78, 5) is 13.6. The number of carbonyl (C=O) groups is 1.